The minimum absolute atomic E-state index is 0.285. The van der Waals surface area contributed by atoms with Gasteiger partial charge in [0.1, 0.15) is 6.61 Å². The van der Waals surface area contributed by atoms with Crippen LogP contribution in [0.5, 0.6) is 0 Å². The van der Waals surface area contributed by atoms with Crippen molar-refractivity contribution in [2.45, 2.75) is 33.3 Å². The molecule has 2 heteroatoms. The fourth-order valence-corrected chi connectivity index (χ4v) is 1.44. The van der Waals surface area contributed by atoms with Crippen LogP contribution in [-0.2, 0) is 24.3 Å². The van der Waals surface area contributed by atoms with E-state index in [1.807, 2.05) is 6.07 Å². The normalized spacial score (nSPS) is 10.4. The highest BCUT2D eigenvalue weighted by Crippen LogP contribution is 2.14. The second-order valence-corrected chi connectivity index (χ2v) is 3.08. The van der Waals surface area contributed by atoms with Crippen LogP contribution in [0.3, 0.4) is 0 Å². The number of hydrogen-bond donors (Lipinski definition) is 1. The van der Waals surface area contributed by atoms with E-state index >= 15 is 0 Å². The van der Waals surface area contributed by atoms with Crippen LogP contribution in [-0.4, -0.2) is 5.26 Å². The van der Waals surface area contributed by atoms with Gasteiger partial charge in [-0.2, -0.15) is 0 Å². The SMILES string of the molecule is CCc1ccc(COO)c(CC)c1. The zero-order valence-electron chi connectivity index (χ0n) is 8.21. The van der Waals surface area contributed by atoms with E-state index in [1.54, 1.807) is 0 Å². The van der Waals surface area contributed by atoms with Gasteiger partial charge in [-0.25, -0.2) is 4.89 Å². The summed E-state index contributed by atoms with van der Waals surface area (Å²) in [6.07, 6.45) is 2.03. The van der Waals surface area contributed by atoms with Crippen LogP contribution in [0.2, 0.25) is 0 Å². The number of benzene rings is 1. The average Bonchev–Trinajstić information content (AvgIpc) is 2.19. The monoisotopic (exact) mass is 180 g/mol. The van der Waals surface area contributed by atoms with E-state index < -0.39 is 0 Å². The summed E-state index contributed by atoms with van der Waals surface area (Å²) < 4.78 is 0. The van der Waals surface area contributed by atoms with Gasteiger partial charge in [0.2, 0.25) is 0 Å². The highest BCUT2D eigenvalue weighted by Gasteiger charge is 2.01. The van der Waals surface area contributed by atoms with Crippen molar-refractivity contribution in [3.05, 3.63) is 34.9 Å². The first-order valence-electron chi connectivity index (χ1n) is 4.68. The average molecular weight is 180 g/mol. The van der Waals surface area contributed by atoms with Gasteiger partial charge in [-0.3, -0.25) is 5.26 Å². The zero-order valence-corrected chi connectivity index (χ0v) is 8.21. The van der Waals surface area contributed by atoms with Crippen molar-refractivity contribution >= 4 is 0 Å². The second-order valence-electron chi connectivity index (χ2n) is 3.08. The maximum atomic E-state index is 8.37. The largest absolute Gasteiger partial charge is 0.251 e. The van der Waals surface area contributed by atoms with Crippen LogP contribution in [0.25, 0.3) is 0 Å². The molecule has 0 saturated carbocycles. The number of hydrogen-bond acceptors (Lipinski definition) is 2. The first kappa shape index (κ1) is 10.2. The Kier molecular flexibility index (Phi) is 3.93. The Bertz CT molecular complexity index is 269. The summed E-state index contributed by atoms with van der Waals surface area (Å²) in [6, 6.07) is 6.27. The van der Waals surface area contributed by atoms with E-state index in [9.17, 15) is 0 Å². The van der Waals surface area contributed by atoms with Gasteiger partial charge in [-0.05, 0) is 29.5 Å². The van der Waals surface area contributed by atoms with Gasteiger partial charge in [-0.15, -0.1) is 0 Å². The molecule has 0 atom stereocenters. The maximum Gasteiger partial charge on any atom is 0.107 e. The lowest BCUT2D eigenvalue weighted by atomic mass is 10.0. The van der Waals surface area contributed by atoms with Gasteiger partial charge >= 0.3 is 0 Å². The van der Waals surface area contributed by atoms with E-state index in [0.717, 1.165) is 18.4 Å². The summed E-state index contributed by atoms with van der Waals surface area (Å²) >= 11 is 0. The minimum atomic E-state index is 0.285. The molecule has 2 nitrogen and oxygen atoms in total. The Morgan fingerprint density at radius 1 is 1.15 bits per heavy atom. The molecule has 1 rings (SSSR count). The maximum absolute atomic E-state index is 8.37. The minimum Gasteiger partial charge on any atom is -0.251 e. The van der Waals surface area contributed by atoms with Crippen molar-refractivity contribution in [1.82, 2.24) is 0 Å². The lowest BCUT2D eigenvalue weighted by Gasteiger charge is -2.07. The van der Waals surface area contributed by atoms with Gasteiger partial charge < -0.3 is 0 Å². The molecule has 0 radical (unpaired) electrons. The summed E-state index contributed by atoms with van der Waals surface area (Å²) in [7, 11) is 0. The fourth-order valence-electron chi connectivity index (χ4n) is 1.44. The molecule has 0 aliphatic rings. The fraction of sp³-hybridized carbons (Fsp3) is 0.455. The Morgan fingerprint density at radius 2 is 1.92 bits per heavy atom. The van der Waals surface area contributed by atoms with Crippen molar-refractivity contribution in [3.8, 4) is 0 Å². The molecular weight excluding hydrogens is 164 g/mol. The number of rotatable bonds is 4. The van der Waals surface area contributed by atoms with Crippen LogP contribution in [0.15, 0.2) is 18.2 Å². The van der Waals surface area contributed by atoms with Gasteiger partial charge in [-0.1, -0.05) is 32.0 Å². The smallest absolute Gasteiger partial charge is 0.107 e. The van der Waals surface area contributed by atoms with E-state index in [1.165, 1.54) is 11.1 Å². The van der Waals surface area contributed by atoms with Gasteiger partial charge in [0.15, 0.2) is 0 Å². The van der Waals surface area contributed by atoms with Crippen LogP contribution in [0.1, 0.15) is 30.5 Å². The molecule has 0 bridgehead atoms. The summed E-state index contributed by atoms with van der Waals surface area (Å²) in [6.45, 7) is 4.53. The lowest BCUT2D eigenvalue weighted by molar-refractivity contribution is -0.253. The first-order valence-corrected chi connectivity index (χ1v) is 4.68. The quantitative estimate of drug-likeness (QED) is 0.570. The van der Waals surface area contributed by atoms with E-state index in [2.05, 4.69) is 30.9 Å². The molecule has 0 amide bonds. The predicted octanol–water partition coefficient (Wildman–Crippen LogP) is 2.80. The molecule has 0 unspecified atom stereocenters. The molecule has 1 N–H and O–H groups in total. The molecule has 0 fully saturated rings. The highest BCUT2D eigenvalue weighted by molar-refractivity contribution is 5.31. The molecule has 1 aromatic carbocycles. The molecule has 72 valence electrons. The van der Waals surface area contributed by atoms with Crippen LogP contribution in [0.4, 0.5) is 0 Å². The Balaban J connectivity index is 2.93. The third-order valence-corrected chi connectivity index (χ3v) is 2.28. The summed E-state index contributed by atoms with van der Waals surface area (Å²) in [4.78, 5) is 4.14. The van der Waals surface area contributed by atoms with E-state index in [0.29, 0.717) is 0 Å². The number of aryl methyl sites for hydroxylation is 2. The molecule has 0 spiro atoms. The zero-order chi connectivity index (χ0) is 9.68. The Morgan fingerprint density at radius 3 is 2.46 bits per heavy atom. The van der Waals surface area contributed by atoms with Gasteiger partial charge in [0.05, 0.1) is 0 Å². The molecule has 0 aromatic heterocycles. The molecule has 1 aromatic rings. The van der Waals surface area contributed by atoms with Crippen LogP contribution in [0, 0.1) is 0 Å². The molecule has 0 saturated heterocycles. The van der Waals surface area contributed by atoms with Crippen molar-refractivity contribution in [2.24, 2.45) is 0 Å². The van der Waals surface area contributed by atoms with Crippen LogP contribution < -0.4 is 0 Å². The topological polar surface area (TPSA) is 29.5 Å². The van der Waals surface area contributed by atoms with Crippen molar-refractivity contribution in [1.29, 1.82) is 0 Å². The summed E-state index contributed by atoms with van der Waals surface area (Å²) in [5.41, 5.74) is 3.66. The molecule has 0 aliphatic heterocycles. The standard InChI is InChI=1S/C11H16O2/c1-3-9-5-6-11(8-13-12)10(4-2)7-9/h5-7,12H,3-4,8H2,1-2H3. The molecule has 0 aliphatic carbocycles. The second kappa shape index (κ2) is 5.00. The predicted molar refractivity (Wildman–Crippen MR) is 52.6 cm³/mol. The lowest BCUT2D eigenvalue weighted by Crippen LogP contribution is -1.96. The Hall–Kier alpha value is -0.860. The van der Waals surface area contributed by atoms with Crippen LogP contribution >= 0.6 is 0 Å². The third kappa shape index (κ3) is 2.54. The Labute approximate surface area is 79.1 Å². The first-order chi connectivity index (χ1) is 6.31. The van der Waals surface area contributed by atoms with E-state index in [-0.39, 0.29) is 6.61 Å². The van der Waals surface area contributed by atoms with Crippen molar-refractivity contribution in [2.75, 3.05) is 0 Å². The van der Waals surface area contributed by atoms with Crippen molar-refractivity contribution < 1.29 is 10.1 Å². The molecular formula is C11H16O2. The summed E-state index contributed by atoms with van der Waals surface area (Å²) in [5, 5.41) is 8.37. The van der Waals surface area contributed by atoms with Gasteiger partial charge in [0.25, 0.3) is 0 Å². The molecule has 13 heavy (non-hydrogen) atoms. The van der Waals surface area contributed by atoms with E-state index in [4.69, 9.17) is 5.26 Å². The van der Waals surface area contributed by atoms with Gasteiger partial charge in [0, 0.05) is 0 Å². The molecule has 0 heterocycles. The highest BCUT2D eigenvalue weighted by atomic mass is 17.1. The van der Waals surface area contributed by atoms with Crippen molar-refractivity contribution in [3.63, 3.8) is 0 Å². The summed E-state index contributed by atoms with van der Waals surface area (Å²) in [5.74, 6) is 0. The third-order valence-electron chi connectivity index (χ3n) is 2.28.